The Balaban J connectivity index is 1.06. The van der Waals surface area contributed by atoms with Crippen molar-refractivity contribution >= 4 is 76.1 Å². The lowest BCUT2D eigenvalue weighted by molar-refractivity contribution is 0.669. The van der Waals surface area contributed by atoms with Crippen LogP contribution in [0.5, 0.6) is 0 Å². The topological polar surface area (TPSA) is 56.7 Å². The lowest BCUT2D eigenvalue weighted by atomic mass is 9.98. The molecule has 0 unspecified atom stereocenters. The second kappa shape index (κ2) is 11.9. The Morgan fingerprint density at radius 2 is 0.875 bits per heavy atom. The minimum atomic E-state index is 0.595. The van der Waals surface area contributed by atoms with Crippen LogP contribution >= 0.6 is 0 Å². The average Bonchev–Trinajstić information content (AvgIpc) is 3.83. The van der Waals surface area contributed by atoms with Gasteiger partial charge in [0.15, 0.2) is 17.5 Å². The number of fused-ring (bicyclic) bond motifs is 12. The Kier molecular flexibility index (Phi) is 6.56. The highest BCUT2D eigenvalue weighted by atomic mass is 16.3. The van der Waals surface area contributed by atoms with Gasteiger partial charge in [-0.05, 0) is 80.8 Å². The molecule has 12 aromatic rings. The predicted octanol–water partition coefficient (Wildman–Crippen LogP) is 13.3. The molecule has 0 radical (unpaired) electrons. The maximum atomic E-state index is 6.44. The number of para-hydroxylation sites is 1. The lowest BCUT2D eigenvalue weighted by Gasteiger charge is -2.12. The van der Waals surface area contributed by atoms with Crippen LogP contribution < -0.4 is 0 Å². The highest BCUT2D eigenvalue weighted by Gasteiger charge is 2.20. The highest BCUT2D eigenvalue weighted by molar-refractivity contribution is 6.28. The van der Waals surface area contributed by atoms with Crippen LogP contribution in [0.4, 0.5) is 0 Å². The van der Waals surface area contributed by atoms with Crippen molar-refractivity contribution in [2.75, 3.05) is 0 Å². The van der Waals surface area contributed by atoms with Gasteiger partial charge in [-0.25, -0.2) is 15.0 Å². The van der Waals surface area contributed by atoms with Crippen LogP contribution in [0.25, 0.3) is 116 Å². The van der Waals surface area contributed by atoms with Crippen LogP contribution in [0.1, 0.15) is 0 Å². The van der Waals surface area contributed by atoms with Gasteiger partial charge in [-0.3, -0.25) is 0 Å². The molecule has 0 saturated carbocycles. The van der Waals surface area contributed by atoms with Crippen LogP contribution in [0.2, 0.25) is 0 Å². The van der Waals surface area contributed by atoms with Crippen LogP contribution in [0, 0.1) is 0 Å². The van der Waals surface area contributed by atoms with E-state index in [-0.39, 0.29) is 0 Å². The molecule has 12 rings (SSSR count). The molecule has 5 heteroatoms. The van der Waals surface area contributed by atoms with E-state index in [1.807, 2.05) is 42.5 Å². The molecule has 260 valence electrons. The zero-order valence-corrected chi connectivity index (χ0v) is 30.0. The number of nitrogens with zero attached hydrogens (tertiary/aromatic N) is 4. The van der Waals surface area contributed by atoms with Crippen molar-refractivity contribution in [1.29, 1.82) is 0 Å². The van der Waals surface area contributed by atoms with E-state index in [0.29, 0.717) is 17.5 Å². The van der Waals surface area contributed by atoms with Gasteiger partial charge in [0.25, 0.3) is 0 Å². The predicted molar refractivity (Wildman–Crippen MR) is 230 cm³/mol. The van der Waals surface area contributed by atoms with Gasteiger partial charge in [-0.15, -0.1) is 0 Å². The summed E-state index contributed by atoms with van der Waals surface area (Å²) in [7, 11) is 0. The fourth-order valence-electron chi connectivity index (χ4n) is 8.70. The van der Waals surface area contributed by atoms with Crippen molar-refractivity contribution in [3.05, 3.63) is 182 Å². The van der Waals surface area contributed by atoms with E-state index in [0.717, 1.165) is 55.1 Å². The third-order valence-electron chi connectivity index (χ3n) is 11.2. The molecule has 0 N–H and O–H groups in total. The molecule has 0 aliphatic heterocycles. The third kappa shape index (κ3) is 4.58. The quantitative estimate of drug-likeness (QED) is 0.182. The molecule has 0 fully saturated rings. The smallest absolute Gasteiger partial charge is 0.164 e. The summed E-state index contributed by atoms with van der Waals surface area (Å²) >= 11 is 0. The molecule has 3 heterocycles. The van der Waals surface area contributed by atoms with Crippen LogP contribution in [-0.2, 0) is 0 Å². The first-order valence-corrected chi connectivity index (χ1v) is 18.9. The molecule has 0 bridgehead atoms. The molecule has 5 nitrogen and oxygen atoms in total. The Hall–Kier alpha value is -7.63. The van der Waals surface area contributed by atoms with Gasteiger partial charge in [0.2, 0.25) is 0 Å². The second-order valence-corrected chi connectivity index (χ2v) is 14.4. The molecular weight excluding hydrogens is 685 g/mol. The van der Waals surface area contributed by atoms with Crippen LogP contribution in [0.3, 0.4) is 0 Å². The first-order chi connectivity index (χ1) is 27.8. The fraction of sp³-hybridized carbons (Fsp3) is 0. The van der Waals surface area contributed by atoms with E-state index in [1.165, 1.54) is 43.4 Å². The lowest BCUT2D eigenvalue weighted by Crippen LogP contribution is -2.01. The number of aromatic nitrogens is 4. The molecule has 3 aromatic heterocycles. The fourth-order valence-corrected chi connectivity index (χ4v) is 8.70. The summed E-state index contributed by atoms with van der Waals surface area (Å²) in [5.74, 6) is 1.82. The van der Waals surface area contributed by atoms with Gasteiger partial charge in [0.05, 0.1) is 11.0 Å². The Labute approximate surface area is 320 Å². The highest BCUT2D eigenvalue weighted by Crippen LogP contribution is 2.42. The van der Waals surface area contributed by atoms with Crippen molar-refractivity contribution in [2.45, 2.75) is 0 Å². The van der Waals surface area contributed by atoms with Crippen molar-refractivity contribution in [3.8, 4) is 39.9 Å². The number of furan rings is 1. The minimum Gasteiger partial charge on any atom is -0.456 e. The summed E-state index contributed by atoms with van der Waals surface area (Å²) in [5.41, 5.74) is 7.80. The van der Waals surface area contributed by atoms with Crippen molar-refractivity contribution in [1.82, 2.24) is 19.5 Å². The number of rotatable bonds is 4. The maximum Gasteiger partial charge on any atom is 0.164 e. The molecule has 0 aliphatic rings. The summed E-state index contributed by atoms with van der Waals surface area (Å²) in [6, 6.07) is 63.8. The Morgan fingerprint density at radius 3 is 1.54 bits per heavy atom. The molecule has 0 spiro atoms. The van der Waals surface area contributed by atoms with Crippen LogP contribution in [0.15, 0.2) is 186 Å². The zero-order valence-electron chi connectivity index (χ0n) is 30.0. The largest absolute Gasteiger partial charge is 0.456 e. The van der Waals surface area contributed by atoms with Gasteiger partial charge in [0, 0.05) is 43.9 Å². The first kappa shape index (κ1) is 30.8. The van der Waals surface area contributed by atoms with Gasteiger partial charge in [-0.1, -0.05) is 133 Å². The summed E-state index contributed by atoms with van der Waals surface area (Å²) in [4.78, 5) is 15.4. The van der Waals surface area contributed by atoms with E-state index in [1.54, 1.807) is 0 Å². The maximum absolute atomic E-state index is 6.44. The average molecular weight is 715 g/mol. The Morgan fingerprint density at radius 1 is 0.357 bits per heavy atom. The zero-order chi connectivity index (χ0) is 36.7. The van der Waals surface area contributed by atoms with Crippen molar-refractivity contribution < 1.29 is 4.42 Å². The summed E-state index contributed by atoms with van der Waals surface area (Å²) in [6.45, 7) is 0. The number of hydrogen-bond donors (Lipinski definition) is 0. The van der Waals surface area contributed by atoms with E-state index in [4.69, 9.17) is 19.4 Å². The SMILES string of the molecule is c1ccc(-c2nc(-c3ccc(-n4c5ccc6ccccc6c5c5c6ccccc6ccc54)cc3)nc(-c3cc4oc5ccccc5c4c4ccccc34)n2)cc1. The summed E-state index contributed by atoms with van der Waals surface area (Å²) in [6.07, 6.45) is 0. The van der Waals surface area contributed by atoms with Crippen molar-refractivity contribution in [3.63, 3.8) is 0 Å². The standard InChI is InChI=1S/C51H30N4O/c1-2-14-33(15-3-1)49-52-50(54-51(53-49)41-30-45-46(39-19-9-8-18-38(39)41)40-20-10-11-21-44(40)56-45)34-22-26-35(27-23-34)55-42-28-24-31-12-4-6-16-36(31)47(42)48-37-17-7-5-13-32(37)25-29-43(48)55/h1-30H. The van der Waals surface area contributed by atoms with E-state index in [9.17, 15) is 0 Å². The number of benzene rings is 9. The summed E-state index contributed by atoms with van der Waals surface area (Å²) in [5, 5.41) is 11.8. The molecule has 0 saturated heterocycles. The minimum absolute atomic E-state index is 0.595. The monoisotopic (exact) mass is 714 g/mol. The molecule has 0 aliphatic carbocycles. The van der Waals surface area contributed by atoms with E-state index < -0.39 is 0 Å². The first-order valence-electron chi connectivity index (χ1n) is 18.9. The van der Waals surface area contributed by atoms with Crippen molar-refractivity contribution in [2.24, 2.45) is 0 Å². The van der Waals surface area contributed by atoms with E-state index in [2.05, 4.69) is 144 Å². The third-order valence-corrected chi connectivity index (χ3v) is 11.2. The van der Waals surface area contributed by atoms with Gasteiger partial charge in [0.1, 0.15) is 11.2 Å². The van der Waals surface area contributed by atoms with Crippen LogP contribution in [-0.4, -0.2) is 19.5 Å². The second-order valence-electron chi connectivity index (χ2n) is 14.4. The van der Waals surface area contributed by atoms with Gasteiger partial charge < -0.3 is 8.98 Å². The summed E-state index contributed by atoms with van der Waals surface area (Å²) < 4.78 is 8.82. The number of hydrogen-bond acceptors (Lipinski definition) is 4. The molecule has 0 atom stereocenters. The molecular formula is C51H30N4O. The molecule has 9 aromatic carbocycles. The Bertz CT molecular complexity index is 3430. The molecule has 56 heavy (non-hydrogen) atoms. The van der Waals surface area contributed by atoms with Gasteiger partial charge in [-0.2, -0.15) is 0 Å². The van der Waals surface area contributed by atoms with Gasteiger partial charge >= 0.3 is 0 Å². The van der Waals surface area contributed by atoms with E-state index >= 15 is 0 Å². The molecule has 0 amide bonds. The normalized spacial score (nSPS) is 11.9.